The zero-order chi connectivity index (χ0) is 28.3. The highest BCUT2D eigenvalue weighted by Crippen LogP contribution is 2.46. The van der Waals surface area contributed by atoms with E-state index in [1.165, 1.54) is 12.1 Å². The molecule has 1 aromatic carbocycles. The number of aromatic hydroxyl groups is 1. The van der Waals surface area contributed by atoms with Crippen LogP contribution in [0.25, 0.3) is 11.6 Å². The largest absolute Gasteiger partial charge is 0.508 e. The molecular formula is C28H29ClN2O8. The van der Waals surface area contributed by atoms with Gasteiger partial charge in [-0.05, 0) is 78.0 Å². The standard InChI is InChI=1S/C28H29ClN2O8/c1-39-28(38)31-26(36)19-11-17(13-32)24(20(14-33)25(19)27(31)37)23(35)8-6-16(22-4-2-3-9-30-22)10-15-5-7-18(34)12-21(15)29/h2-5,7,9-10,12,19-20,23,25,32-35H,6,8,11,13-14H2,1H3/b16-10-/t19-,20+,23-,25-/m1/s1. The zero-order valence-corrected chi connectivity index (χ0v) is 21.9. The predicted molar refractivity (Wildman–Crippen MR) is 141 cm³/mol. The van der Waals surface area contributed by atoms with E-state index >= 15 is 0 Å². The molecule has 1 saturated heterocycles. The molecule has 2 aromatic rings. The first kappa shape index (κ1) is 28.4. The number of phenols is 1. The van der Waals surface area contributed by atoms with Crippen molar-refractivity contribution in [1.29, 1.82) is 0 Å². The molecule has 1 aliphatic heterocycles. The van der Waals surface area contributed by atoms with E-state index in [9.17, 15) is 34.8 Å². The molecule has 2 aliphatic rings. The molecule has 0 radical (unpaired) electrons. The Hall–Kier alpha value is -3.57. The van der Waals surface area contributed by atoms with E-state index < -0.39 is 55.0 Å². The van der Waals surface area contributed by atoms with Gasteiger partial charge in [0.05, 0.1) is 49.0 Å². The van der Waals surface area contributed by atoms with E-state index in [1.54, 1.807) is 30.5 Å². The topological polar surface area (TPSA) is 157 Å². The van der Waals surface area contributed by atoms with Crippen molar-refractivity contribution in [3.05, 3.63) is 70.0 Å². The third-order valence-electron chi connectivity index (χ3n) is 7.28. The third kappa shape index (κ3) is 5.60. The number of hydrogen-bond acceptors (Lipinski definition) is 9. The molecule has 0 spiro atoms. The Morgan fingerprint density at radius 3 is 2.62 bits per heavy atom. The van der Waals surface area contributed by atoms with E-state index in [2.05, 4.69) is 9.72 Å². The van der Waals surface area contributed by atoms with Crippen molar-refractivity contribution in [2.24, 2.45) is 17.8 Å². The summed E-state index contributed by atoms with van der Waals surface area (Å²) in [6.07, 6.45) is 1.53. The van der Waals surface area contributed by atoms with Crippen molar-refractivity contribution in [3.63, 3.8) is 0 Å². The number of amides is 3. The van der Waals surface area contributed by atoms with Gasteiger partial charge >= 0.3 is 6.09 Å². The summed E-state index contributed by atoms with van der Waals surface area (Å²) in [7, 11) is 1.05. The molecule has 0 unspecified atom stereocenters. The fourth-order valence-corrected chi connectivity index (χ4v) is 5.70. The number of allylic oxidation sites excluding steroid dienone is 1. The van der Waals surface area contributed by atoms with Gasteiger partial charge in [0, 0.05) is 12.1 Å². The van der Waals surface area contributed by atoms with Crippen LogP contribution in [0.1, 0.15) is 30.5 Å². The number of carbonyl (C=O) groups is 3. The Balaban J connectivity index is 1.64. The average molecular weight is 557 g/mol. The number of halogens is 1. The van der Waals surface area contributed by atoms with E-state index in [4.69, 9.17) is 11.6 Å². The molecule has 1 fully saturated rings. The lowest BCUT2D eigenvalue weighted by Crippen LogP contribution is -2.40. The lowest BCUT2D eigenvalue weighted by molar-refractivity contribution is -0.137. The van der Waals surface area contributed by atoms with Gasteiger partial charge in [-0.1, -0.05) is 17.7 Å². The molecule has 2 heterocycles. The molecule has 4 N–H and O–H groups in total. The minimum Gasteiger partial charge on any atom is -0.508 e. The number of benzene rings is 1. The number of hydrogen-bond donors (Lipinski definition) is 4. The van der Waals surface area contributed by atoms with Crippen molar-refractivity contribution in [1.82, 2.24) is 9.88 Å². The summed E-state index contributed by atoms with van der Waals surface area (Å²) in [5, 5.41) is 41.7. The second-order valence-electron chi connectivity index (χ2n) is 9.47. The molecular weight excluding hydrogens is 528 g/mol. The van der Waals surface area contributed by atoms with Gasteiger partial charge in [-0.3, -0.25) is 14.6 Å². The summed E-state index contributed by atoms with van der Waals surface area (Å²) in [4.78, 5) is 42.9. The quantitative estimate of drug-likeness (QED) is 0.283. The maximum atomic E-state index is 13.1. The highest BCUT2D eigenvalue weighted by atomic mass is 35.5. The van der Waals surface area contributed by atoms with Crippen LogP contribution in [0.5, 0.6) is 5.75 Å². The summed E-state index contributed by atoms with van der Waals surface area (Å²) in [6, 6.07) is 9.96. The van der Waals surface area contributed by atoms with Gasteiger partial charge in [-0.15, -0.1) is 0 Å². The van der Waals surface area contributed by atoms with Crippen molar-refractivity contribution < 1.29 is 39.5 Å². The number of pyridine rings is 1. The van der Waals surface area contributed by atoms with Crippen molar-refractivity contribution in [3.8, 4) is 5.75 Å². The second kappa shape index (κ2) is 12.1. The number of rotatable bonds is 8. The molecule has 1 aromatic heterocycles. The number of imide groups is 3. The van der Waals surface area contributed by atoms with Gasteiger partial charge in [0.1, 0.15) is 5.75 Å². The van der Waals surface area contributed by atoms with Gasteiger partial charge in [-0.25, -0.2) is 4.79 Å². The number of carbonyl (C=O) groups excluding carboxylic acids is 3. The Morgan fingerprint density at radius 1 is 1.23 bits per heavy atom. The number of nitrogens with zero attached hydrogens (tertiary/aromatic N) is 2. The molecule has 0 bridgehead atoms. The first-order chi connectivity index (χ1) is 18.7. The first-order valence-electron chi connectivity index (χ1n) is 12.4. The van der Waals surface area contributed by atoms with Gasteiger partial charge in [0.15, 0.2) is 0 Å². The summed E-state index contributed by atoms with van der Waals surface area (Å²) in [5.74, 6) is -4.52. The fourth-order valence-electron chi connectivity index (χ4n) is 5.47. The van der Waals surface area contributed by atoms with Crippen LogP contribution in [0.3, 0.4) is 0 Å². The van der Waals surface area contributed by atoms with E-state index in [0.717, 1.165) is 12.7 Å². The van der Waals surface area contributed by atoms with Crippen LogP contribution in [0.2, 0.25) is 5.02 Å². The van der Waals surface area contributed by atoms with Crippen molar-refractivity contribution in [2.45, 2.75) is 25.4 Å². The minimum absolute atomic E-state index is 0.0202. The van der Waals surface area contributed by atoms with Crippen LogP contribution < -0.4 is 0 Å². The molecule has 10 nitrogen and oxygen atoms in total. The number of aliphatic hydroxyl groups is 3. The number of aliphatic hydroxyl groups excluding tert-OH is 3. The van der Waals surface area contributed by atoms with Crippen molar-refractivity contribution in [2.75, 3.05) is 20.3 Å². The number of likely N-dealkylation sites (tertiary alicyclic amines) is 1. The molecule has 1 aliphatic carbocycles. The molecule has 39 heavy (non-hydrogen) atoms. The number of ether oxygens (including phenoxy) is 1. The Bertz CT molecular complexity index is 1330. The second-order valence-corrected chi connectivity index (χ2v) is 9.88. The van der Waals surface area contributed by atoms with Gasteiger partial charge in [0.25, 0.3) is 0 Å². The van der Waals surface area contributed by atoms with Gasteiger partial charge < -0.3 is 25.2 Å². The molecule has 206 valence electrons. The zero-order valence-electron chi connectivity index (χ0n) is 21.2. The number of phenolic OH excluding ortho intramolecular Hbond substituents is 1. The molecule has 3 amide bonds. The normalized spacial score (nSPS) is 22.2. The minimum atomic E-state index is -1.18. The Morgan fingerprint density at radius 2 is 2.00 bits per heavy atom. The smallest absolute Gasteiger partial charge is 0.423 e. The average Bonchev–Trinajstić information content (AvgIpc) is 3.19. The lowest BCUT2D eigenvalue weighted by atomic mass is 9.68. The summed E-state index contributed by atoms with van der Waals surface area (Å²) < 4.78 is 4.58. The van der Waals surface area contributed by atoms with Crippen LogP contribution >= 0.6 is 11.6 Å². The van der Waals surface area contributed by atoms with Crippen LogP contribution in [-0.2, 0) is 14.3 Å². The highest BCUT2D eigenvalue weighted by Gasteiger charge is 2.57. The molecule has 11 heteroatoms. The Labute approximate surface area is 229 Å². The monoisotopic (exact) mass is 556 g/mol. The predicted octanol–water partition coefficient (Wildman–Crippen LogP) is 2.79. The number of aromatic nitrogens is 1. The highest BCUT2D eigenvalue weighted by molar-refractivity contribution is 6.32. The van der Waals surface area contributed by atoms with E-state index in [1.807, 2.05) is 6.07 Å². The summed E-state index contributed by atoms with van der Waals surface area (Å²) >= 11 is 6.31. The Kier molecular flexibility index (Phi) is 8.81. The lowest BCUT2D eigenvalue weighted by Gasteiger charge is -2.36. The van der Waals surface area contributed by atoms with Crippen molar-refractivity contribution >= 4 is 41.2 Å². The summed E-state index contributed by atoms with van der Waals surface area (Å²) in [6.45, 7) is -1.06. The van der Waals surface area contributed by atoms with Crippen LogP contribution in [0.4, 0.5) is 4.79 Å². The van der Waals surface area contributed by atoms with Crippen LogP contribution in [-0.4, -0.2) is 74.6 Å². The number of methoxy groups -OCH3 is 1. The first-order valence-corrected chi connectivity index (χ1v) is 12.8. The molecule has 0 saturated carbocycles. The van der Waals surface area contributed by atoms with E-state index in [-0.39, 0.29) is 24.2 Å². The molecule has 4 rings (SSSR count). The fraction of sp³-hybridized carbons (Fsp3) is 0.357. The van der Waals surface area contributed by atoms with Gasteiger partial charge in [-0.2, -0.15) is 4.90 Å². The number of fused-ring (bicyclic) bond motifs is 1. The third-order valence-corrected chi connectivity index (χ3v) is 7.61. The summed E-state index contributed by atoms with van der Waals surface area (Å²) in [5.41, 5.74) is 2.63. The van der Waals surface area contributed by atoms with Crippen LogP contribution in [0, 0.1) is 17.8 Å². The maximum Gasteiger partial charge on any atom is 0.423 e. The van der Waals surface area contributed by atoms with Crippen LogP contribution in [0.15, 0.2) is 53.7 Å². The maximum absolute atomic E-state index is 13.1. The SMILES string of the molecule is COC(=O)N1C(=O)[C@@H]2[C@@H](CC(CO)=C([C@H](O)CC/C(=C/c3ccc(O)cc3Cl)c3ccccn3)[C@@H]2CO)C1=O. The van der Waals surface area contributed by atoms with E-state index in [0.29, 0.717) is 33.2 Å². The van der Waals surface area contributed by atoms with Gasteiger partial charge in [0.2, 0.25) is 11.8 Å². The molecule has 4 atom stereocenters.